The fourth-order valence-corrected chi connectivity index (χ4v) is 5.33. The second kappa shape index (κ2) is 11.7. The fraction of sp³-hybridized carbons (Fsp3) is 0.200. The molecule has 0 fully saturated rings. The maximum absolute atomic E-state index is 13.6. The molecule has 3 aromatic carbocycles. The first-order chi connectivity index (χ1) is 16.6. The smallest absolute Gasteiger partial charge is 0.264 e. The normalized spacial score (nSPS) is 12.0. The number of sulfonamides is 1. The summed E-state index contributed by atoms with van der Waals surface area (Å²) in [5.41, 5.74) is 1.03. The van der Waals surface area contributed by atoms with Crippen LogP contribution < -0.4 is 9.62 Å². The van der Waals surface area contributed by atoms with Crippen molar-refractivity contribution in [2.24, 2.45) is 0 Å². The maximum Gasteiger partial charge on any atom is 0.264 e. The minimum absolute atomic E-state index is 0.0339. The zero-order chi connectivity index (χ0) is 25.6. The van der Waals surface area contributed by atoms with Crippen molar-refractivity contribution in [3.05, 3.63) is 93.9 Å². The van der Waals surface area contributed by atoms with Crippen molar-refractivity contribution < 1.29 is 18.0 Å². The van der Waals surface area contributed by atoms with Gasteiger partial charge in [-0.25, -0.2) is 8.42 Å². The molecule has 3 aromatic rings. The van der Waals surface area contributed by atoms with Gasteiger partial charge in [0.05, 0.1) is 10.6 Å². The molecule has 10 heteroatoms. The summed E-state index contributed by atoms with van der Waals surface area (Å²) in [4.78, 5) is 27.5. The first kappa shape index (κ1) is 26.7. The van der Waals surface area contributed by atoms with Crippen molar-refractivity contribution in [2.75, 3.05) is 17.9 Å². The number of likely N-dealkylation sites (N-methyl/N-ethyl adjacent to an activating group) is 1. The molecule has 3 rings (SSSR count). The largest absolute Gasteiger partial charge is 0.357 e. The summed E-state index contributed by atoms with van der Waals surface area (Å²) in [5.74, 6) is -0.904. The quantitative estimate of drug-likeness (QED) is 0.406. The minimum atomic E-state index is -4.11. The Hall–Kier alpha value is -2.88. The summed E-state index contributed by atoms with van der Waals surface area (Å²) >= 11 is 9.52. The molecule has 35 heavy (non-hydrogen) atoms. The molecule has 0 aliphatic heterocycles. The Morgan fingerprint density at radius 3 is 2.26 bits per heavy atom. The van der Waals surface area contributed by atoms with Gasteiger partial charge in [-0.05, 0) is 55.0 Å². The van der Waals surface area contributed by atoms with Gasteiger partial charge in [-0.3, -0.25) is 13.9 Å². The van der Waals surface area contributed by atoms with E-state index in [1.54, 1.807) is 43.3 Å². The molecule has 0 unspecified atom stereocenters. The van der Waals surface area contributed by atoms with Gasteiger partial charge in [-0.15, -0.1) is 0 Å². The van der Waals surface area contributed by atoms with Gasteiger partial charge in [-0.2, -0.15) is 0 Å². The lowest BCUT2D eigenvalue weighted by Crippen LogP contribution is -2.50. The highest BCUT2D eigenvalue weighted by Crippen LogP contribution is 2.27. The van der Waals surface area contributed by atoms with E-state index >= 15 is 0 Å². The SMILES string of the molecule is CNC(=O)[C@H](C)N(Cc1ccc(Br)cc1)C(=O)CN(c1cccc(Cl)c1)S(=O)(=O)c1ccccc1. The molecule has 0 bridgehead atoms. The van der Waals surface area contributed by atoms with Crippen LogP contribution in [0.5, 0.6) is 0 Å². The van der Waals surface area contributed by atoms with E-state index in [1.165, 1.54) is 30.1 Å². The third kappa shape index (κ3) is 6.62. The van der Waals surface area contributed by atoms with Crippen LogP contribution in [0, 0.1) is 0 Å². The summed E-state index contributed by atoms with van der Waals surface area (Å²) in [6, 6.07) is 20.6. The van der Waals surface area contributed by atoms with Gasteiger partial charge in [-0.1, -0.05) is 63.9 Å². The van der Waals surface area contributed by atoms with Crippen LogP contribution in [0.4, 0.5) is 5.69 Å². The minimum Gasteiger partial charge on any atom is -0.357 e. The number of nitrogens with zero attached hydrogens (tertiary/aromatic N) is 2. The summed E-state index contributed by atoms with van der Waals surface area (Å²) in [6.07, 6.45) is 0. The van der Waals surface area contributed by atoms with Crippen LogP contribution in [0.15, 0.2) is 88.2 Å². The van der Waals surface area contributed by atoms with E-state index in [0.717, 1.165) is 14.3 Å². The molecule has 1 atom stereocenters. The molecule has 0 saturated heterocycles. The zero-order valence-electron chi connectivity index (χ0n) is 19.2. The van der Waals surface area contributed by atoms with Gasteiger partial charge in [0, 0.05) is 23.1 Å². The molecule has 0 aliphatic carbocycles. The van der Waals surface area contributed by atoms with Crippen LogP contribution in [0.1, 0.15) is 12.5 Å². The van der Waals surface area contributed by atoms with Gasteiger partial charge in [0.2, 0.25) is 11.8 Å². The molecule has 2 amide bonds. The lowest BCUT2D eigenvalue weighted by Gasteiger charge is -2.31. The Kier molecular flexibility index (Phi) is 8.93. The predicted octanol–water partition coefficient (Wildman–Crippen LogP) is 4.46. The third-order valence-corrected chi connectivity index (χ3v) is 7.94. The Morgan fingerprint density at radius 1 is 1.00 bits per heavy atom. The van der Waals surface area contributed by atoms with Crippen LogP contribution in [-0.2, 0) is 26.2 Å². The van der Waals surface area contributed by atoms with Crippen molar-refractivity contribution in [3.63, 3.8) is 0 Å². The molecule has 0 saturated carbocycles. The lowest BCUT2D eigenvalue weighted by molar-refractivity contribution is -0.139. The molecule has 184 valence electrons. The van der Waals surface area contributed by atoms with Crippen molar-refractivity contribution in [1.82, 2.24) is 10.2 Å². The lowest BCUT2D eigenvalue weighted by atomic mass is 10.1. The topological polar surface area (TPSA) is 86.8 Å². The number of benzene rings is 3. The van der Waals surface area contributed by atoms with Gasteiger partial charge in [0.1, 0.15) is 12.6 Å². The zero-order valence-corrected chi connectivity index (χ0v) is 22.3. The Morgan fingerprint density at radius 2 is 1.66 bits per heavy atom. The second-order valence-corrected chi connectivity index (χ2v) is 11.0. The number of amides is 2. The summed E-state index contributed by atoms with van der Waals surface area (Å²) in [6.45, 7) is 1.20. The van der Waals surface area contributed by atoms with E-state index in [9.17, 15) is 18.0 Å². The number of halogens is 2. The van der Waals surface area contributed by atoms with Gasteiger partial charge in [0.25, 0.3) is 10.0 Å². The average molecular weight is 579 g/mol. The maximum atomic E-state index is 13.6. The van der Waals surface area contributed by atoms with E-state index in [2.05, 4.69) is 21.2 Å². The molecular weight excluding hydrogens is 554 g/mol. The highest BCUT2D eigenvalue weighted by molar-refractivity contribution is 9.10. The van der Waals surface area contributed by atoms with Gasteiger partial charge < -0.3 is 10.2 Å². The Bertz CT molecular complexity index is 1290. The molecule has 0 spiro atoms. The van der Waals surface area contributed by atoms with E-state index in [4.69, 9.17) is 11.6 Å². The molecule has 0 heterocycles. The number of hydrogen-bond donors (Lipinski definition) is 1. The summed E-state index contributed by atoms with van der Waals surface area (Å²) in [5, 5.41) is 2.88. The van der Waals surface area contributed by atoms with Crippen LogP contribution in [-0.4, -0.2) is 44.8 Å². The monoisotopic (exact) mass is 577 g/mol. The highest BCUT2D eigenvalue weighted by atomic mass is 79.9. The van der Waals surface area contributed by atoms with E-state index in [-0.39, 0.29) is 23.0 Å². The summed E-state index contributed by atoms with van der Waals surface area (Å²) in [7, 11) is -2.62. The van der Waals surface area contributed by atoms with Crippen molar-refractivity contribution in [1.29, 1.82) is 0 Å². The average Bonchev–Trinajstić information content (AvgIpc) is 2.86. The third-order valence-electron chi connectivity index (χ3n) is 5.39. The Labute approximate surface area is 218 Å². The summed E-state index contributed by atoms with van der Waals surface area (Å²) < 4.78 is 29.1. The van der Waals surface area contributed by atoms with Gasteiger partial charge >= 0.3 is 0 Å². The number of rotatable bonds is 9. The van der Waals surface area contributed by atoms with Crippen molar-refractivity contribution >= 4 is 55.1 Å². The number of carbonyl (C=O) groups is 2. The Balaban J connectivity index is 2.01. The molecule has 0 aliphatic rings. The van der Waals surface area contributed by atoms with Crippen LogP contribution in [0.3, 0.4) is 0 Å². The molecule has 7 nitrogen and oxygen atoms in total. The standard InChI is InChI=1S/C25H25BrClN3O4S/c1-18(25(32)28-2)29(16-19-11-13-20(26)14-12-19)24(31)17-30(22-8-6-7-21(27)15-22)35(33,34)23-9-4-3-5-10-23/h3-15,18H,16-17H2,1-2H3,(H,28,32)/t18-/m0/s1. The van der Waals surface area contributed by atoms with E-state index < -0.39 is 28.5 Å². The molecule has 1 N–H and O–H groups in total. The molecule has 0 aromatic heterocycles. The predicted molar refractivity (Wildman–Crippen MR) is 141 cm³/mol. The number of carbonyl (C=O) groups excluding carboxylic acids is 2. The fourth-order valence-electron chi connectivity index (χ4n) is 3.46. The van der Waals surface area contributed by atoms with E-state index in [1.807, 2.05) is 24.3 Å². The first-order valence-corrected chi connectivity index (χ1v) is 13.3. The highest BCUT2D eigenvalue weighted by Gasteiger charge is 2.32. The second-order valence-electron chi connectivity index (χ2n) is 7.74. The van der Waals surface area contributed by atoms with Crippen molar-refractivity contribution in [3.8, 4) is 0 Å². The number of anilines is 1. The van der Waals surface area contributed by atoms with Crippen LogP contribution in [0.25, 0.3) is 0 Å². The molecular formula is C25H25BrClN3O4S. The van der Waals surface area contributed by atoms with E-state index in [0.29, 0.717) is 5.02 Å². The van der Waals surface area contributed by atoms with Crippen LogP contribution >= 0.6 is 27.5 Å². The number of nitrogens with one attached hydrogen (secondary N) is 1. The molecule has 0 radical (unpaired) electrons. The van der Waals surface area contributed by atoms with Crippen LogP contribution in [0.2, 0.25) is 5.02 Å². The van der Waals surface area contributed by atoms with Crippen molar-refractivity contribution in [2.45, 2.75) is 24.4 Å². The first-order valence-electron chi connectivity index (χ1n) is 10.7. The number of hydrogen-bond acceptors (Lipinski definition) is 4. The van der Waals surface area contributed by atoms with Gasteiger partial charge in [0.15, 0.2) is 0 Å².